The van der Waals surface area contributed by atoms with Crippen LogP contribution >= 0.6 is 11.8 Å². The molecule has 1 aromatic carbocycles. The van der Waals surface area contributed by atoms with E-state index in [2.05, 4.69) is 10.1 Å². The maximum atomic E-state index is 13.0. The highest BCUT2D eigenvalue weighted by atomic mass is 32.2. The number of carbonyl (C=O) groups excluding carboxylic acids is 2. The van der Waals surface area contributed by atoms with Crippen LogP contribution in [0.15, 0.2) is 30.3 Å². The molecule has 21 heavy (non-hydrogen) atoms. The number of esters is 1. The Morgan fingerprint density at radius 3 is 2.86 bits per heavy atom. The predicted molar refractivity (Wildman–Crippen MR) is 82.4 cm³/mol. The summed E-state index contributed by atoms with van der Waals surface area (Å²) >= 11 is 1.58. The zero-order chi connectivity index (χ0) is 15.7. The van der Waals surface area contributed by atoms with E-state index in [0.29, 0.717) is 12.0 Å². The maximum Gasteiger partial charge on any atom is 0.328 e. The number of nitrogens with one attached hydrogen (secondary N) is 1. The van der Waals surface area contributed by atoms with Crippen molar-refractivity contribution in [1.82, 2.24) is 5.32 Å². The molecule has 0 spiro atoms. The molecule has 0 aliphatic heterocycles. The fourth-order valence-electron chi connectivity index (χ4n) is 1.63. The second-order valence-corrected chi connectivity index (χ2v) is 5.24. The van der Waals surface area contributed by atoms with Gasteiger partial charge in [0.05, 0.1) is 7.11 Å². The molecule has 6 heteroatoms. The lowest BCUT2D eigenvalue weighted by Gasteiger charge is -2.14. The van der Waals surface area contributed by atoms with Crippen molar-refractivity contribution in [3.63, 3.8) is 0 Å². The monoisotopic (exact) mass is 311 g/mol. The fraction of sp³-hybridized carbons (Fsp3) is 0.333. The molecule has 0 aromatic heterocycles. The average molecular weight is 311 g/mol. The van der Waals surface area contributed by atoms with Gasteiger partial charge in [-0.1, -0.05) is 12.1 Å². The molecule has 1 amide bonds. The largest absolute Gasteiger partial charge is 0.467 e. The molecular weight excluding hydrogens is 293 g/mol. The Labute approximate surface area is 127 Å². The molecule has 114 valence electrons. The Bertz CT molecular complexity index is 519. The van der Waals surface area contributed by atoms with E-state index in [1.807, 2.05) is 6.26 Å². The number of halogens is 1. The molecule has 0 unspecified atom stereocenters. The van der Waals surface area contributed by atoms with Gasteiger partial charge in [0.15, 0.2) is 0 Å². The van der Waals surface area contributed by atoms with Crippen LogP contribution in [-0.4, -0.2) is 37.0 Å². The number of hydrogen-bond donors (Lipinski definition) is 1. The summed E-state index contributed by atoms with van der Waals surface area (Å²) in [5.41, 5.74) is 0.573. The standard InChI is InChI=1S/C15H18FNO3S/c1-20-15(19)13(8-9-21-2)17-14(18)7-6-11-4-3-5-12(16)10-11/h3-7,10,13H,8-9H2,1-2H3,(H,17,18)/b7-6+/t13-/m1/s1. The van der Waals surface area contributed by atoms with E-state index in [1.54, 1.807) is 23.9 Å². The topological polar surface area (TPSA) is 55.4 Å². The predicted octanol–water partition coefficient (Wildman–Crippen LogP) is 2.25. The van der Waals surface area contributed by atoms with Gasteiger partial charge in [0, 0.05) is 6.08 Å². The van der Waals surface area contributed by atoms with Crippen LogP contribution in [0.2, 0.25) is 0 Å². The smallest absolute Gasteiger partial charge is 0.328 e. The SMILES string of the molecule is COC(=O)[C@@H](CCSC)NC(=O)/C=C/c1cccc(F)c1. The molecule has 0 aliphatic rings. The van der Waals surface area contributed by atoms with Gasteiger partial charge >= 0.3 is 5.97 Å². The zero-order valence-electron chi connectivity index (χ0n) is 12.0. The van der Waals surface area contributed by atoms with E-state index in [-0.39, 0.29) is 5.82 Å². The Morgan fingerprint density at radius 1 is 1.48 bits per heavy atom. The van der Waals surface area contributed by atoms with Crippen molar-refractivity contribution >= 4 is 29.7 Å². The van der Waals surface area contributed by atoms with E-state index >= 15 is 0 Å². The highest BCUT2D eigenvalue weighted by molar-refractivity contribution is 7.98. The van der Waals surface area contributed by atoms with E-state index < -0.39 is 17.9 Å². The Morgan fingerprint density at radius 2 is 2.24 bits per heavy atom. The van der Waals surface area contributed by atoms with Gasteiger partial charge in [0.1, 0.15) is 11.9 Å². The molecular formula is C15H18FNO3S. The van der Waals surface area contributed by atoms with Gasteiger partial charge in [0.2, 0.25) is 5.91 Å². The van der Waals surface area contributed by atoms with Crippen LogP contribution in [0.1, 0.15) is 12.0 Å². The number of thioether (sulfide) groups is 1. The number of rotatable bonds is 7. The second kappa shape index (κ2) is 9.18. The maximum absolute atomic E-state index is 13.0. The molecule has 0 radical (unpaired) electrons. The summed E-state index contributed by atoms with van der Waals surface area (Å²) in [6, 6.07) is 5.20. The van der Waals surface area contributed by atoms with Crippen molar-refractivity contribution < 1.29 is 18.7 Å². The van der Waals surface area contributed by atoms with Gasteiger partial charge in [-0.25, -0.2) is 9.18 Å². The molecule has 1 atom stereocenters. The van der Waals surface area contributed by atoms with E-state index in [0.717, 1.165) is 5.75 Å². The average Bonchev–Trinajstić information content (AvgIpc) is 2.48. The zero-order valence-corrected chi connectivity index (χ0v) is 12.8. The lowest BCUT2D eigenvalue weighted by Crippen LogP contribution is -2.41. The first kappa shape index (κ1) is 17.2. The summed E-state index contributed by atoms with van der Waals surface area (Å²) in [6.07, 6.45) is 5.17. The Kier molecular flexibility index (Phi) is 7.53. The lowest BCUT2D eigenvalue weighted by atomic mass is 10.2. The summed E-state index contributed by atoms with van der Waals surface area (Å²) in [5, 5.41) is 2.58. The van der Waals surface area contributed by atoms with Gasteiger partial charge in [-0.3, -0.25) is 4.79 Å². The van der Waals surface area contributed by atoms with Crippen molar-refractivity contribution in [2.45, 2.75) is 12.5 Å². The van der Waals surface area contributed by atoms with E-state index in [4.69, 9.17) is 0 Å². The Balaban J connectivity index is 2.62. The van der Waals surface area contributed by atoms with E-state index in [1.165, 1.54) is 31.4 Å². The number of benzene rings is 1. The third-order valence-electron chi connectivity index (χ3n) is 2.69. The highest BCUT2D eigenvalue weighted by Crippen LogP contribution is 2.06. The van der Waals surface area contributed by atoms with Crippen LogP contribution < -0.4 is 5.32 Å². The normalized spacial score (nSPS) is 12.1. The van der Waals surface area contributed by atoms with Crippen molar-refractivity contribution in [2.24, 2.45) is 0 Å². The molecule has 0 fully saturated rings. The first-order chi connectivity index (χ1) is 10.1. The molecule has 0 bridgehead atoms. The fourth-order valence-corrected chi connectivity index (χ4v) is 2.10. The summed E-state index contributed by atoms with van der Waals surface area (Å²) in [6.45, 7) is 0. The number of hydrogen-bond acceptors (Lipinski definition) is 4. The number of carbonyl (C=O) groups is 2. The second-order valence-electron chi connectivity index (χ2n) is 4.25. The van der Waals surface area contributed by atoms with Gasteiger partial charge in [-0.15, -0.1) is 0 Å². The van der Waals surface area contributed by atoms with Crippen molar-refractivity contribution in [1.29, 1.82) is 0 Å². The summed E-state index contributed by atoms with van der Waals surface area (Å²) in [7, 11) is 1.28. The molecule has 4 nitrogen and oxygen atoms in total. The van der Waals surface area contributed by atoms with Crippen LogP contribution in [0.3, 0.4) is 0 Å². The van der Waals surface area contributed by atoms with Crippen LogP contribution in [-0.2, 0) is 14.3 Å². The van der Waals surface area contributed by atoms with Crippen molar-refractivity contribution in [3.8, 4) is 0 Å². The van der Waals surface area contributed by atoms with Crippen LogP contribution in [0.25, 0.3) is 6.08 Å². The minimum atomic E-state index is -0.674. The lowest BCUT2D eigenvalue weighted by molar-refractivity contribution is -0.144. The van der Waals surface area contributed by atoms with E-state index in [9.17, 15) is 14.0 Å². The third-order valence-corrected chi connectivity index (χ3v) is 3.33. The molecule has 0 saturated carbocycles. The van der Waals surface area contributed by atoms with Gasteiger partial charge < -0.3 is 10.1 Å². The van der Waals surface area contributed by atoms with Gasteiger partial charge in [-0.2, -0.15) is 11.8 Å². The summed E-state index contributed by atoms with van der Waals surface area (Å²) in [5.74, 6) is -0.537. The molecule has 0 aliphatic carbocycles. The van der Waals surface area contributed by atoms with Crippen LogP contribution in [0.5, 0.6) is 0 Å². The first-order valence-electron chi connectivity index (χ1n) is 6.37. The van der Waals surface area contributed by atoms with Gasteiger partial charge in [0.25, 0.3) is 0 Å². The van der Waals surface area contributed by atoms with Crippen LogP contribution in [0, 0.1) is 5.82 Å². The molecule has 1 rings (SSSR count). The van der Waals surface area contributed by atoms with Gasteiger partial charge in [-0.05, 0) is 42.2 Å². The quantitative estimate of drug-likeness (QED) is 0.620. The minimum absolute atomic E-state index is 0.370. The number of ether oxygens (including phenoxy) is 1. The summed E-state index contributed by atoms with van der Waals surface area (Å²) < 4.78 is 17.6. The highest BCUT2D eigenvalue weighted by Gasteiger charge is 2.19. The Hall–Kier alpha value is -1.82. The third kappa shape index (κ3) is 6.44. The molecule has 0 heterocycles. The number of amides is 1. The molecule has 1 N–H and O–H groups in total. The minimum Gasteiger partial charge on any atom is -0.467 e. The summed E-state index contributed by atoms with van der Waals surface area (Å²) in [4.78, 5) is 23.3. The first-order valence-corrected chi connectivity index (χ1v) is 7.77. The molecule has 0 saturated heterocycles. The van der Waals surface area contributed by atoms with Crippen molar-refractivity contribution in [2.75, 3.05) is 19.1 Å². The van der Waals surface area contributed by atoms with Crippen LogP contribution in [0.4, 0.5) is 4.39 Å². The van der Waals surface area contributed by atoms with Crippen molar-refractivity contribution in [3.05, 3.63) is 41.7 Å². The number of methoxy groups -OCH3 is 1. The molecule has 1 aromatic rings.